The SMILES string of the molecule is CN(C)CCN(C)C[C@@H]1CN2CC[C@H]1C[C@@H]2CNC(=O)c1ccc(C(F)(F)F)cc1. The van der Waals surface area contributed by atoms with Crippen molar-refractivity contribution >= 4 is 5.91 Å². The zero-order chi connectivity index (χ0) is 21.9. The molecule has 0 spiro atoms. The maximum Gasteiger partial charge on any atom is 0.416 e. The Hall–Kier alpha value is -1.64. The van der Waals surface area contributed by atoms with Gasteiger partial charge in [0.2, 0.25) is 0 Å². The summed E-state index contributed by atoms with van der Waals surface area (Å²) in [6.07, 6.45) is -2.12. The number of carbonyl (C=O) groups excluding carboxylic acids is 1. The fourth-order valence-electron chi connectivity index (χ4n) is 4.65. The molecule has 3 fully saturated rings. The lowest BCUT2D eigenvalue weighted by Gasteiger charge is -2.50. The summed E-state index contributed by atoms with van der Waals surface area (Å²) in [4.78, 5) is 19.4. The van der Waals surface area contributed by atoms with E-state index in [1.807, 2.05) is 0 Å². The van der Waals surface area contributed by atoms with E-state index in [0.29, 0.717) is 24.4 Å². The first kappa shape index (κ1) is 23.0. The lowest BCUT2D eigenvalue weighted by molar-refractivity contribution is -0.137. The summed E-state index contributed by atoms with van der Waals surface area (Å²) in [7, 11) is 6.36. The molecule has 1 aromatic carbocycles. The number of amides is 1. The van der Waals surface area contributed by atoms with Gasteiger partial charge in [0.15, 0.2) is 0 Å². The van der Waals surface area contributed by atoms with Crippen LogP contribution in [0.3, 0.4) is 0 Å². The summed E-state index contributed by atoms with van der Waals surface area (Å²) < 4.78 is 38.0. The Morgan fingerprint density at radius 2 is 1.87 bits per heavy atom. The van der Waals surface area contributed by atoms with E-state index < -0.39 is 11.7 Å². The number of benzene rings is 1. The number of nitrogens with zero attached hydrogens (tertiary/aromatic N) is 3. The van der Waals surface area contributed by atoms with Crippen molar-refractivity contribution in [2.75, 3.05) is 60.4 Å². The van der Waals surface area contributed by atoms with Crippen molar-refractivity contribution in [3.05, 3.63) is 35.4 Å². The summed E-state index contributed by atoms with van der Waals surface area (Å²) in [5.41, 5.74) is -0.476. The average molecular weight is 427 g/mol. The van der Waals surface area contributed by atoms with Gasteiger partial charge in [0.1, 0.15) is 0 Å². The second-order valence-electron chi connectivity index (χ2n) is 9.04. The highest BCUT2D eigenvalue weighted by Crippen LogP contribution is 2.36. The molecule has 0 aliphatic carbocycles. The third kappa shape index (κ3) is 5.95. The van der Waals surface area contributed by atoms with Crippen LogP contribution >= 0.6 is 0 Å². The zero-order valence-electron chi connectivity index (χ0n) is 18.1. The first-order chi connectivity index (χ1) is 14.1. The number of halogens is 3. The summed E-state index contributed by atoms with van der Waals surface area (Å²) >= 11 is 0. The Morgan fingerprint density at radius 1 is 1.17 bits per heavy atom. The van der Waals surface area contributed by atoms with Crippen molar-refractivity contribution < 1.29 is 18.0 Å². The summed E-state index contributed by atoms with van der Waals surface area (Å²) in [6.45, 7) is 5.86. The van der Waals surface area contributed by atoms with Crippen LogP contribution in [0.15, 0.2) is 24.3 Å². The molecule has 8 heteroatoms. The minimum absolute atomic E-state index is 0.263. The Morgan fingerprint density at radius 3 is 2.43 bits per heavy atom. The molecule has 3 aliphatic rings. The van der Waals surface area contributed by atoms with Crippen LogP contribution in [0.25, 0.3) is 0 Å². The highest BCUT2D eigenvalue weighted by molar-refractivity contribution is 5.94. The van der Waals surface area contributed by atoms with Crippen LogP contribution in [0.4, 0.5) is 13.2 Å². The van der Waals surface area contributed by atoms with Gasteiger partial charge in [-0.15, -0.1) is 0 Å². The van der Waals surface area contributed by atoms with Gasteiger partial charge in [-0.3, -0.25) is 9.69 Å². The molecular formula is C22H33F3N4O. The number of hydrogen-bond donors (Lipinski definition) is 1. The Kier molecular flexibility index (Phi) is 7.42. The van der Waals surface area contributed by atoms with Gasteiger partial charge < -0.3 is 15.1 Å². The number of nitrogens with one attached hydrogen (secondary N) is 1. The molecule has 3 saturated heterocycles. The lowest BCUT2D eigenvalue weighted by Crippen LogP contribution is -2.58. The van der Waals surface area contributed by atoms with Gasteiger partial charge in [0.25, 0.3) is 5.91 Å². The molecule has 0 aromatic heterocycles. The van der Waals surface area contributed by atoms with Crippen LogP contribution in [0.5, 0.6) is 0 Å². The van der Waals surface area contributed by atoms with E-state index in [1.165, 1.54) is 18.6 Å². The van der Waals surface area contributed by atoms with E-state index >= 15 is 0 Å². The number of likely N-dealkylation sites (N-methyl/N-ethyl adjacent to an activating group) is 2. The number of alkyl halides is 3. The minimum atomic E-state index is -4.39. The van der Waals surface area contributed by atoms with Crippen molar-refractivity contribution in [1.29, 1.82) is 0 Å². The number of hydrogen-bond acceptors (Lipinski definition) is 4. The van der Waals surface area contributed by atoms with Gasteiger partial charge in [-0.2, -0.15) is 13.2 Å². The van der Waals surface area contributed by atoms with E-state index in [1.54, 1.807) is 0 Å². The molecule has 3 aliphatic heterocycles. The highest BCUT2D eigenvalue weighted by atomic mass is 19.4. The smallest absolute Gasteiger partial charge is 0.350 e. The number of carbonyl (C=O) groups is 1. The fourth-order valence-corrected chi connectivity index (χ4v) is 4.65. The molecule has 1 amide bonds. The van der Waals surface area contributed by atoms with Gasteiger partial charge in [-0.25, -0.2) is 0 Å². The Balaban J connectivity index is 1.47. The molecule has 5 nitrogen and oxygen atoms in total. The standard InChI is InChI=1S/C22H33F3N4O/c1-27(2)10-11-28(3)14-18-15-29-9-8-17(18)12-20(29)13-26-21(30)16-4-6-19(7-5-16)22(23,24)25/h4-7,17-18,20H,8-15H2,1-3H3,(H,26,30)/t17-,18+,20+/m0/s1. The molecule has 0 saturated carbocycles. The topological polar surface area (TPSA) is 38.8 Å². The van der Waals surface area contributed by atoms with Crippen LogP contribution in [0.1, 0.15) is 28.8 Å². The predicted molar refractivity (Wildman–Crippen MR) is 111 cm³/mol. The van der Waals surface area contributed by atoms with Crippen molar-refractivity contribution in [1.82, 2.24) is 20.0 Å². The van der Waals surface area contributed by atoms with Crippen LogP contribution in [-0.4, -0.2) is 87.1 Å². The van der Waals surface area contributed by atoms with Gasteiger partial charge in [-0.1, -0.05) is 0 Å². The lowest BCUT2D eigenvalue weighted by atomic mass is 9.75. The molecule has 1 N–H and O–H groups in total. The molecule has 1 aromatic rings. The molecule has 4 atom stereocenters. The van der Waals surface area contributed by atoms with Crippen LogP contribution < -0.4 is 5.32 Å². The summed E-state index contributed by atoms with van der Waals surface area (Å²) in [6, 6.07) is 4.71. The van der Waals surface area contributed by atoms with E-state index in [9.17, 15) is 18.0 Å². The van der Waals surface area contributed by atoms with Crippen molar-refractivity contribution in [3.8, 4) is 0 Å². The molecular weight excluding hydrogens is 393 g/mol. The zero-order valence-corrected chi connectivity index (χ0v) is 18.1. The first-order valence-electron chi connectivity index (χ1n) is 10.7. The van der Waals surface area contributed by atoms with Gasteiger partial charge >= 0.3 is 6.18 Å². The third-order valence-corrected chi connectivity index (χ3v) is 6.46. The monoisotopic (exact) mass is 426 g/mol. The largest absolute Gasteiger partial charge is 0.416 e. The van der Waals surface area contributed by atoms with Crippen molar-refractivity contribution in [2.45, 2.75) is 25.1 Å². The summed E-state index contributed by atoms with van der Waals surface area (Å²) in [5, 5.41) is 2.92. The van der Waals surface area contributed by atoms with E-state index in [4.69, 9.17) is 0 Å². The Labute approximate surface area is 177 Å². The molecule has 2 bridgehead atoms. The number of rotatable bonds is 8. The number of piperidine rings is 3. The molecule has 0 radical (unpaired) electrons. The third-order valence-electron chi connectivity index (χ3n) is 6.46. The maximum absolute atomic E-state index is 12.7. The highest BCUT2D eigenvalue weighted by Gasteiger charge is 2.40. The molecule has 4 rings (SSSR count). The molecule has 1 unspecified atom stereocenters. The Bertz CT molecular complexity index is 707. The molecule has 30 heavy (non-hydrogen) atoms. The van der Waals surface area contributed by atoms with E-state index in [2.05, 4.69) is 41.2 Å². The van der Waals surface area contributed by atoms with Crippen molar-refractivity contribution in [3.63, 3.8) is 0 Å². The minimum Gasteiger partial charge on any atom is -0.350 e. The average Bonchev–Trinajstić information content (AvgIpc) is 2.70. The maximum atomic E-state index is 12.7. The van der Waals surface area contributed by atoms with Crippen LogP contribution in [0.2, 0.25) is 0 Å². The van der Waals surface area contributed by atoms with E-state index in [-0.39, 0.29) is 11.5 Å². The normalized spacial score (nSPS) is 26.4. The molecule has 3 heterocycles. The van der Waals surface area contributed by atoms with Crippen molar-refractivity contribution in [2.24, 2.45) is 11.8 Å². The quantitative estimate of drug-likeness (QED) is 0.694. The molecule has 168 valence electrons. The fraction of sp³-hybridized carbons (Fsp3) is 0.682. The predicted octanol–water partition coefficient (Wildman–Crippen LogP) is 2.64. The van der Waals surface area contributed by atoms with Gasteiger partial charge in [0.05, 0.1) is 5.56 Å². The first-order valence-corrected chi connectivity index (χ1v) is 10.7. The van der Waals surface area contributed by atoms with Gasteiger partial charge in [0, 0.05) is 44.3 Å². The van der Waals surface area contributed by atoms with Crippen LogP contribution in [-0.2, 0) is 6.18 Å². The second-order valence-corrected chi connectivity index (χ2v) is 9.04. The van der Waals surface area contributed by atoms with E-state index in [0.717, 1.165) is 51.3 Å². The van der Waals surface area contributed by atoms with Crippen LogP contribution in [0, 0.1) is 11.8 Å². The van der Waals surface area contributed by atoms with Gasteiger partial charge in [-0.05, 0) is 76.6 Å². The second kappa shape index (κ2) is 9.66. The number of fused-ring (bicyclic) bond motifs is 3. The summed E-state index contributed by atoms with van der Waals surface area (Å²) in [5.74, 6) is 1.02.